The van der Waals surface area contributed by atoms with Gasteiger partial charge in [0.05, 0.1) is 6.04 Å². The Bertz CT molecular complexity index is 293. The van der Waals surface area contributed by atoms with E-state index in [1.54, 1.807) is 12.4 Å². The summed E-state index contributed by atoms with van der Waals surface area (Å²) in [5, 5.41) is 4.12. The van der Waals surface area contributed by atoms with Gasteiger partial charge in [-0.1, -0.05) is 12.1 Å². The minimum absolute atomic E-state index is 0.0938. The first-order chi connectivity index (χ1) is 5.38. The molecule has 0 aromatic carbocycles. The molecule has 2 rings (SSSR count). The van der Waals surface area contributed by atoms with Crippen molar-refractivity contribution in [2.24, 2.45) is 5.73 Å². The number of pyridine rings is 1. The van der Waals surface area contributed by atoms with E-state index in [2.05, 4.69) is 10.3 Å². The Morgan fingerprint density at radius 3 is 3.27 bits per heavy atom. The van der Waals surface area contributed by atoms with Crippen molar-refractivity contribution in [3.63, 3.8) is 0 Å². The average Bonchev–Trinajstić information content (AvgIpc) is 2.06. The van der Waals surface area contributed by atoms with E-state index in [9.17, 15) is 0 Å². The fraction of sp³-hybridized carbons (Fsp3) is 0.125. The van der Waals surface area contributed by atoms with Gasteiger partial charge in [0.1, 0.15) is 0 Å². The zero-order valence-corrected chi connectivity index (χ0v) is 5.94. The number of aromatic nitrogens is 1. The maximum absolute atomic E-state index is 5.74. The highest BCUT2D eigenvalue weighted by Gasteiger charge is 2.05. The Hall–Kier alpha value is -1.35. The highest BCUT2D eigenvalue weighted by Crippen LogP contribution is 2.30. The quantitative estimate of drug-likeness (QED) is 0.604. The molecule has 0 amide bonds. The van der Waals surface area contributed by atoms with Crippen molar-refractivity contribution in [2.45, 2.75) is 6.04 Å². The third-order valence-electron chi connectivity index (χ3n) is 1.64. The molecule has 0 aliphatic carbocycles. The van der Waals surface area contributed by atoms with Gasteiger partial charge in [-0.3, -0.25) is 4.98 Å². The molecule has 0 spiro atoms. The maximum atomic E-state index is 5.74. The number of hydrogen-bond donors (Lipinski definition) is 1. The molecule has 0 radical (unpaired) electrons. The van der Waals surface area contributed by atoms with Crippen LogP contribution in [-0.2, 0) is 0 Å². The molecule has 11 heavy (non-hydrogen) atoms. The maximum Gasteiger partial charge on any atom is 0.0629 e. The zero-order valence-electron chi connectivity index (χ0n) is 5.94. The van der Waals surface area contributed by atoms with E-state index in [1.807, 2.05) is 18.2 Å². The standard InChI is InChI=1S/C8H8N3/c9-6-3-5-10-7-2-1-4-11-8(6)7/h1-6H,9H2/q-1. The van der Waals surface area contributed by atoms with Crippen LogP contribution >= 0.6 is 0 Å². The van der Waals surface area contributed by atoms with E-state index in [0.717, 1.165) is 11.4 Å². The lowest BCUT2D eigenvalue weighted by atomic mass is 10.1. The topological polar surface area (TPSA) is 53.0 Å². The Kier molecular flexibility index (Phi) is 1.36. The van der Waals surface area contributed by atoms with Crippen molar-refractivity contribution in [1.82, 2.24) is 4.98 Å². The third kappa shape index (κ3) is 0.991. The first-order valence-corrected chi connectivity index (χ1v) is 3.46. The van der Waals surface area contributed by atoms with Crippen LogP contribution in [-0.4, -0.2) is 4.98 Å². The first kappa shape index (κ1) is 6.37. The van der Waals surface area contributed by atoms with Gasteiger partial charge in [-0.05, 0) is 6.07 Å². The van der Waals surface area contributed by atoms with Crippen molar-refractivity contribution in [3.8, 4) is 0 Å². The Labute approximate surface area is 64.9 Å². The summed E-state index contributed by atoms with van der Waals surface area (Å²) in [6.07, 6.45) is 5.28. The van der Waals surface area contributed by atoms with Gasteiger partial charge < -0.3 is 11.1 Å². The number of rotatable bonds is 0. The molecule has 1 aromatic heterocycles. The molecule has 0 bridgehead atoms. The molecule has 0 saturated carbocycles. The van der Waals surface area contributed by atoms with E-state index < -0.39 is 0 Å². The Morgan fingerprint density at radius 1 is 1.55 bits per heavy atom. The summed E-state index contributed by atoms with van der Waals surface area (Å²) < 4.78 is 0. The van der Waals surface area contributed by atoms with E-state index in [1.165, 1.54) is 0 Å². The average molecular weight is 146 g/mol. The minimum Gasteiger partial charge on any atom is -0.663 e. The van der Waals surface area contributed by atoms with Gasteiger partial charge in [0.25, 0.3) is 0 Å². The minimum atomic E-state index is -0.0938. The zero-order chi connectivity index (χ0) is 7.68. The fourth-order valence-corrected chi connectivity index (χ4v) is 1.08. The summed E-state index contributed by atoms with van der Waals surface area (Å²) in [4.78, 5) is 4.13. The van der Waals surface area contributed by atoms with Crippen LogP contribution in [0, 0.1) is 0 Å². The number of fused-ring (bicyclic) bond motifs is 1. The van der Waals surface area contributed by atoms with Gasteiger partial charge in [-0.2, -0.15) is 6.20 Å². The van der Waals surface area contributed by atoms with E-state index in [0.29, 0.717) is 0 Å². The predicted molar refractivity (Wildman–Crippen MR) is 43.3 cm³/mol. The van der Waals surface area contributed by atoms with Gasteiger partial charge in [0, 0.05) is 11.9 Å². The van der Waals surface area contributed by atoms with Crippen LogP contribution in [0.25, 0.3) is 5.32 Å². The van der Waals surface area contributed by atoms with Gasteiger partial charge in [-0.25, -0.2) is 0 Å². The summed E-state index contributed by atoms with van der Waals surface area (Å²) in [7, 11) is 0. The van der Waals surface area contributed by atoms with Crippen LogP contribution in [0.1, 0.15) is 11.7 Å². The lowest BCUT2D eigenvalue weighted by molar-refractivity contribution is 0.857. The van der Waals surface area contributed by atoms with Crippen molar-refractivity contribution in [1.29, 1.82) is 0 Å². The summed E-state index contributed by atoms with van der Waals surface area (Å²) in [6, 6.07) is 3.67. The second-order valence-electron chi connectivity index (χ2n) is 2.40. The molecule has 56 valence electrons. The molecule has 3 nitrogen and oxygen atoms in total. The lowest BCUT2D eigenvalue weighted by Gasteiger charge is -2.27. The smallest absolute Gasteiger partial charge is 0.0629 e. The Morgan fingerprint density at radius 2 is 2.45 bits per heavy atom. The number of nitrogens with zero attached hydrogens (tertiary/aromatic N) is 2. The summed E-state index contributed by atoms with van der Waals surface area (Å²) >= 11 is 0. The van der Waals surface area contributed by atoms with Crippen LogP contribution < -0.4 is 5.73 Å². The summed E-state index contributed by atoms with van der Waals surface area (Å²) in [5.41, 5.74) is 7.47. The van der Waals surface area contributed by atoms with Gasteiger partial charge in [0.2, 0.25) is 0 Å². The molecule has 1 aromatic rings. The number of hydrogen-bond acceptors (Lipinski definition) is 2. The molecule has 2 N–H and O–H groups in total. The van der Waals surface area contributed by atoms with E-state index in [4.69, 9.17) is 5.73 Å². The molecule has 1 unspecified atom stereocenters. The molecule has 3 heteroatoms. The summed E-state index contributed by atoms with van der Waals surface area (Å²) in [6.45, 7) is 0. The second kappa shape index (κ2) is 2.36. The lowest BCUT2D eigenvalue weighted by Crippen LogP contribution is -2.10. The first-order valence-electron chi connectivity index (χ1n) is 3.46. The molecule has 1 aliphatic heterocycles. The molecular formula is C8H8N3-. The van der Waals surface area contributed by atoms with E-state index in [-0.39, 0.29) is 6.04 Å². The molecule has 0 fully saturated rings. The monoisotopic (exact) mass is 146 g/mol. The van der Waals surface area contributed by atoms with Crippen LogP contribution in [0.3, 0.4) is 0 Å². The second-order valence-corrected chi connectivity index (χ2v) is 2.40. The predicted octanol–water partition coefficient (Wildman–Crippen LogP) is 1.61. The van der Waals surface area contributed by atoms with Gasteiger partial charge in [0.15, 0.2) is 0 Å². The SMILES string of the molecule is NC1C=C[N-]c2cccnc21. The van der Waals surface area contributed by atoms with Gasteiger partial charge in [-0.15, -0.1) is 5.69 Å². The van der Waals surface area contributed by atoms with E-state index >= 15 is 0 Å². The highest BCUT2D eigenvalue weighted by atomic mass is 14.9. The normalized spacial score (nSPS) is 20.6. The van der Waals surface area contributed by atoms with Crippen molar-refractivity contribution >= 4 is 5.69 Å². The van der Waals surface area contributed by atoms with Crippen molar-refractivity contribution in [3.05, 3.63) is 41.6 Å². The molecule has 2 heterocycles. The number of nitrogens with two attached hydrogens (primary N) is 1. The van der Waals surface area contributed by atoms with Gasteiger partial charge >= 0.3 is 0 Å². The molecule has 0 saturated heterocycles. The third-order valence-corrected chi connectivity index (χ3v) is 1.64. The fourth-order valence-electron chi connectivity index (χ4n) is 1.08. The molecule has 1 atom stereocenters. The molecule has 1 aliphatic rings. The highest BCUT2D eigenvalue weighted by molar-refractivity contribution is 5.59. The van der Waals surface area contributed by atoms with Crippen LogP contribution in [0.2, 0.25) is 0 Å². The van der Waals surface area contributed by atoms with Crippen LogP contribution in [0.5, 0.6) is 0 Å². The molecular weight excluding hydrogens is 138 g/mol. The Balaban J connectivity index is 2.50. The summed E-state index contributed by atoms with van der Waals surface area (Å²) in [5.74, 6) is 0. The largest absolute Gasteiger partial charge is 0.663 e. The van der Waals surface area contributed by atoms with Crippen LogP contribution in [0.15, 0.2) is 30.6 Å². The van der Waals surface area contributed by atoms with Crippen molar-refractivity contribution < 1.29 is 0 Å². The van der Waals surface area contributed by atoms with Crippen LogP contribution in [0.4, 0.5) is 5.69 Å². The van der Waals surface area contributed by atoms with Crippen molar-refractivity contribution in [2.75, 3.05) is 0 Å².